The lowest BCUT2D eigenvalue weighted by molar-refractivity contribution is -0.135. The van der Waals surface area contributed by atoms with Crippen LogP contribution in [0.1, 0.15) is 61.4 Å². The summed E-state index contributed by atoms with van der Waals surface area (Å²) in [7, 11) is 1.76. The molecule has 0 spiro atoms. The molecule has 1 aromatic carbocycles. The molecule has 1 heterocycles. The largest absolute Gasteiger partial charge is 0.352 e. The van der Waals surface area contributed by atoms with Gasteiger partial charge in [0, 0.05) is 50.7 Å². The number of aliphatic imine (C=N–C) groups is 1. The summed E-state index contributed by atoms with van der Waals surface area (Å²) in [4.78, 5) is 31.0. The molecule has 0 aromatic heterocycles. The van der Waals surface area contributed by atoms with Gasteiger partial charge in [0.15, 0.2) is 5.96 Å². The quantitative estimate of drug-likeness (QED) is 0.493. The zero-order valence-electron chi connectivity index (χ0n) is 18.2. The van der Waals surface area contributed by atoms with Gasteiger partial charge < -0.3 is 20.9 Å². The number of carbonyl (C=O) groups excluding carboxylic acids is 2. The Morgan fingerprint density at radius 1 is 1.07 bits per heavy atom. The summed E-state index contributed by atoms with van der Waals surface area (Å²) in [6, 6.07) is 7.80. The first-order chi connectivity index (χ1) is 14.6. The van der Waals surface area contributed by atoms with Crippen molar-refractivity contribution < 1.29 is 9.59 Å². The SMILES string of the molecule is CCNC(=O)c1ccc(CNC(=NC)NC2CCN(C(=O)C3CCCCC3)C2)cc1. The van der Waals surface area contributed by atoms with E-state index in [0.29, 0.717) is 24.6 Å². The van der Waals surface area contributed by atoms with Crippen LogP contribution in [-0.4, -0.2) is 55.4 Å². The van der Waals surface area contributed by atoms with Crippen LogP contribution in [-0.2, 0) is 11.3 Å². The molecule has 2 amide bonds. The van der Waals surface area contributed by atoms with Gasteiger partial charge in [-0.1, -0.05) is 31.4 Å². The predicted octanol–water partition coefficient (Wildman–Crippen LogP) is 2.28. The number of guanidine groups is 1. The fraction of sp³-hybridized carbons (Fsp3) is 0.609. The Labute approximate surface area is 179 Å². The average molecular weight is 414 g/mol. The van der Waals surface area contributed by atoms with Crippen molar-refractivity contribution in [3.05, 3.63) is 35.4 Å². The van der Waals surface area contributed by atoms with Gasteiger partial charge >= 0.3 is 0 Å². The van der Waals surface area contributed by atoms with Crippen LogP contribution in [0.5, 0.6) is 0 Å². The van der Waals surface area contributed by atoms with E-state index in [2.05, 4.69) is 20.9 Å². The van der Waals surface area contributed by atoms with E-state index in [4.69, 9.17) is 0 Å². The second-order valence-corrected chi connectivity index (χ2v) is 8.23. The smallest absolute Gasteiger partial charge is 0.251 e. The average Bonchev–Trinajstić information content (AvgIpc) is 3.25. The molecule has 7 nitrogen and oxygen atoms in total. The molecule has 1 aromatic rings. The Hall–Kier alpha value is -2.57. The molecular formula is C23H35N5O2. The molecule has 2 fully saturated rings. The van der Waals surface area contributed by atoms with Gasteiger partial charge in [-0.25, -0.2) is 0 Å². The molecule has 164 valence electrons. The molecule has 2 aliphatic rings. The molecule has 3 rings (SSSR count). The molecule has 7 heteroatoms. The van der Waals surface area contributed by atoms with Gasteiger partial charge in [-0.05, 0) is 43.9 Å². The van der Waals surface area contributed by atoms with E-state index in [0.717, 1.165) is 43.9 Å². The molecule has 1 aliphatic heterocycles. The predicted molar refractivity (Wildman–Crippen MR) is 119 cm³/mol. The Morgan fingerprint density at radius 2 is 1.80 bits per heavy atom. The lowest BCUT2D eigenvalue weighted by Crippen LogP contribution is -2.45. The van der Waals surface area contributed by atoms with Gasteiger partial charge in [0.1, 0.15) is 0 Å². The van der Waals surface area contributed by atoms with Crippen LogP contribution in [0.4, 0.5) is 0 Å². The number of hydrogen-bond acceptors (Lipinski definition) is 3. The second-order valence-electron chi connectivity index (χ2n) is 8.23. The minimum Gasteiger partial charge on any atom is -0.352 e. The van der Waals surface area contributed by atoms with Crippen molar-refractivity contribution >= 4 is 17.8 Å². The number of rotatable bonds is 6. The first-order valence-corrected chi connectivity index (χ1v) is 11.2. The summed E-state index contributed by atoms with van der Waals surface area (Å²) in [5.41, 5.74) is 1.74. The normalized spacial score (nSPS) is 20.1. The Bertz CT molecular complexity index is 740. The van der Waals surface area contributed by atoms with E-state index in [1.165, 1.54) is 19.3 Å². The summed E-state index contributed by atoms with van der Waals surface area (Å²) in [6.45, 7) is 4.72. The lowest BCUT2D eigenvalue weighted by atomic mass is 9.88. The van der Waals surface area contributed by atoms with Crippen molar-refractivity contribution in [1.82, 2.24) is 20.9 Å². The van der Waals surface area contributed by atoms with Crippen molar-refractivity contribution in [3.63, 3.8) is 0 Å². The van der Waals surface area contributed by atoms with Crippen molar-refractivity contribution in [2.75, 3.05) is 26.7 Å². The highest BCUT2D eigenvalue weighted by Gasteiger charge is 2.31. The standard InChI is InChI=1S/C23H35N5O2/c1-3-25-21(29)18-11-9-17(10-12-18)15-26-23(24-2)27-20-13-14-28(16-20)22(30)19-7-5-4-6-8-19/h9-12,19-20H,3-8,13-16H2,1-2H3,(H,25,29)(H2,24,26,27). The summed E-state index contributed by atoms with van der Waals surface area (Å²) in [5, 5.41) is 9.58. The van der Waals surface area contributed by atoms with Gasteiger partial charge in [-0.15, -0.1) is 0 Å². The highest BCUT2D eigenvalue weighted by Crippen LogP contribution is 2.26. The van der Waals surface area contributed by atoms with E-state index in [1.54, 1.807) is 7.05 Å². The van der Waals surface area contributed by atoms with Crippen molar-refractivity contribution in [3.8, 4) is 0 Å². The molecule has 0 radical (unpaired) electrons. The molecule has 3 N–H and O–H groups in total. The third-order valence-electron chi connectivity index (χ3n) is 6.03. The maximum Gasteiger partial charge on any atom is 0.251 e. The molecule has 1 aliphatic carbocycles. The van der Waals surface area contributed by atoms with Crippen LogP contribution < -0.4 is 16.0 Å². The first-order valence-electron chi connectivity index (χ1n) is 11.2. The summed E-state index contributed by atoms with van der Waals surface area (Å²) in [6.07, 6.45) is 6.69. The lowest BCUT2D eigenvalue weighted by Gasteiger charge is -2.26. The maximum atomic E-state index is 12.8. The van der Waals surface area contributed by atoms with E-state index in [-0.39, 0.29) is 17.9 Å². The number of nitrogens with one attached hydrogen (secondary N) is 3. The van der Waals surface area contributed by atoms with Gasteiger partial charge in [-0.2, -0.15) is 0 Å². The van der Waals surface area contributed by atoms with Crippen LogP contribution in [0, 0.1) is 5.92 Å². The van der Waals surface area contributed by atoms with E-state index < -0.39 is 0 Å². The number of amides is 2. The van der Waals surface area contributed by atoms with Gasteiger partial charge in [0.2, 0.25) is 5.91 Å². The van der Waals surface area contributed by atoms with Crippen molar-refractivity contribution in [2.45, 2.75) is 58.0 Å². The highest BCUT2D eigenvalue weighted by atomic mass is 16.2. The van der Waals surface area contributed by atoms with Crippen molar-refractivity contribution in [1.29, 1.82) is 0 Å². The van der Waals surface area contributed by atoms with Crippen LogP contribution in [0.2, 0.25) is 0 Å². The highest BCUT2D eigenvalue weighted by molar-refractivity contribution is 5.94. The van der Waals surface area contributed by atoms with Gasteiger partial charge in [0.05, 0.1) is 0 Å². The van der Waals surface area contributed by atoms with Gasteiger partial charge in [-0.3, -0.25) is 14.6 Å². The fourth-order valence-corrected chi connectivity index (χ4v) is 4.30. The molecule has 1 atom stereocenters. The number of hydrogen-bond donors (Lipinski definition) is 3. The molecule has 1 unspecified atom stereocenters. The van der Waals surface area contributed by atoms with Crippen LogP contribution in [0.15, 0.2) is 29.3 Å². The van der Waals surface area contributed by atoms with E-state index in [9.17, 15) is 9.59 Å². The summed E-state index contributed by atoms with van der Waals surface area (Å²) >= 11 is 0. The third-order valence-corrected chi connectivity index (χ3v) is 6.03. The molecule has 30 heavy (non-hydrogen) atoms. The number of carbonyl (C=O) groups is 2. The summed E-state index contributed by atoms with van der Waals surface area (Å²) in [5.74, 6) is 1.26. The zero-order chi connectivity index (χ0) is 21.3. The topological polar surface area (TPSA) is 85.8 Å². The molecule has 1 saturated heterocycles. The Morgan fingerprint density at radius 3 is 2.47 bits per heavy atom. The van der Waals surface area contributed by atoms with Gasteiger partial charge in [0.25, 0.3) is 5.91 Å². The number of benzene rings is 1. The minimum absolute atomic E-state index is 0.0527. The minimum atomic E-state index is -0.0527. The first kappa shape index (κ1) is 22.1. The second kappa shape index (κ2) is 11.0. The molecular weight excluding hydrogens is 378 g/mol. The van der Waals surface area contributed by atoms with E-state index >= 15 is 0 Å². The van der Waals surface area contributed by atoms with Crippen LogP contribution in [0.3, 0.4) is 0 Å². The van der Waals surface area contributed by atoms with E-state index in [1.807, 2.05) is 36.1 Å². The number of likely N-dealkylation sites (tertiary alicyclic amines) is 1. The zero-order valence-corrected chi connectivity index (χ0v) is 18.2. The molecule has 0 bridgehead atoms. The Balaban J connectivity index is 1.44. The Kier molecular flexibility index (Phi) is 8.11. The van der Waals surface area contributed by atoms with Crippen LogP contribution in [0.25, 0.3) is 0 Å². The fourth-order valence-electron chi connectivity index (χ4n) is 4.30. The van der Waals surface area contributed by atoms with Crippen molar-refractivity contribution in [2.24, 2.45) is 10.9 Å². The number of nitrogens with zero attached hydrogens (tertiary/aromatic N) is 2. The summed E-state index contributed by atoms with van der Waals surface area (Å²) < 4.78 is 0. The monoisotopic (exact) mass is 413 g/mol. The molecule has 1 saturated carbocycles. The van der Waals surface area contributed by atoms with Crippen LogP contribution >= 0.6 is 0 Å². The maximum absolute atomic E-state index is 12.8. The third kappa shape index (κ3) is 5.97.